The van der Waals surface area contributed by atoms with E-state index in [0.717, 1.165) is 15.8 Å². The molecule has 4 aromatic heterocycles. The average molecular weight is 410 g/mol. The zero-order chi connectivity index (χ0) is 20.2. The van der Waals surface area contributed by atoms with Crippen LogP contribution in [0, 0.1) is 0 Å². The number of hydrogen-bond donors (Lipinski definition) is 1. The van der Waals surface area contributed by atoms with Crippen molar-refractivity contribution in [2.75, 3.05) is 26.1 Å². The monoisotopic (exact) mass is 410 g/mol. The van der Waals surface area contributed by atoms with E-state index in [4.69, 9.17) is 9.47 Å². The van der Waals surface area contributed by atoms with Crippen molar-refractivity contribution in [1.29, 1.82) is 0 Å². The van der Waals surface area contributed by atoms with Gasteiger partial charge < -0.3 is 9.47 Å². The number of carbonyl (C=O) groups excluding carboxylic acids is 1. The molecule has 0 aromatic carbocycles. The van der Waals surface area contributed by atoms with Gasteiger partial charge in [0.05, 0.1) is 36.7 Å². The fourth-order valence-electron chi connectivity index (χ4n) is 2.79. The van der Waals surface area contributed by atoms with Crippen molar-refractivity contribution in [3.8, 4) is 17.0 Å². The molecule has 4 heterocycles. The standard InChI is InChI=1S/C19H18N6O3S/c1-27-8-7-25-11-13(9-22-25)17(26)24-19-23-15-16(29-19)14(10-21-18(15)28-2)12-3-5-20-6-4-12/h3-6,9-11H,7-8H2,1-2H3,(H,23,24,26). The molecule has 0 saturated carbocycles. The van der Waals surface area contributed by atoms with Gasteiger partial charge in [0.25, 0.3) is 5.91 Å². The minimum Gasteiger partial charge on any atom is -0.479 e. The van der Waals surface area contributed by atoms with Crippen LogP contribution in [-0.2, 0) is 11.3 Å². The average Bonchev–Trinajstić information content (AvgIpc) is 3.39. The Balaban J connectivity index is 1.64. The smallest absolute Gasteiger partial charge is 0.260 e. The Kier molecular flexibility index (Phi) is 5.45. The summed E-state index contributed by atoms with van der Waals surface area (Å²) in [6, 6.07) is 3.80. The van der Waals surface area contributed by atoms with Gasteiger partial charge >= 0.3 is 0 Å². The topological polar surface area (TPSA) is 104 Å². The van der Waals surface area contributed by atoms with Gasteiger partial charge in [-0.3, -0.25) is 19.8 Å². The van der Waals surface area contributed by atoms with Crippen LogP contribution in [0.15, 0.2) is 43.1 Å². The first-order valence-electron chi connectivity index (χ1n) is 8.76. The number of nitrogens with zero attached hydrogens (tertiary/aromatic N) is 5. The number of thiazole rings is 1. The lowest BCUT2D eigenvalue weighted by atomic mass is 10.1. The summed E-state index contributed by atoms with van der Waals surface area (Å²) in [5, 5.41) is 7.45. The van der Waals surface area contributed by atoms with Crippen molar-refractivity contribution in [3.05, 3.63) is 48.7 Å². The molecule has 1 amide bonds. The first-order chi connectivity index (χ1) is 14.2. The lowest BCUT2D eigenvalue weighted by molar-refractivity contribution is 0.102. The molecule has 4 aromatic rings. The minimum absolute atomic E-state index is 0.287. The van der Waals surface area contributed by atoms with E-state index in [9.17, 15) is 4.79 Å². The second kappa shape index (κ2) is 8.33. The number of rotatable bonds is 7. The normalized spacial score (nSPS) is 11.0. The molecule has 1 N–H and O–H groups in total. The van der Waals surface area contributed by atoms with Crippen molar-refractivity contribution >= 4 is 32.6 Å². The largest absolute Gasteiger partial charge is 0.479 e. The summed E-state index contributed by atoms with van der Waals surface area (Å²) in [6.07, 6.45) is 8.36. The third kappa shape index (κ3) is 3.93. The number of carbonyl (C=O) groups is 1. The summed E-state index contributed by atoms with van der Waals surface area (Å²) in [6.45, 7) is 1.09. The maximum atomic E-state index is 12.6. The number of pyridine rings is 2. The third-order valence-corrected chi connectivity index (χ3v) is 5.21. The van der Waals surface area contributed by atoms with Gasteiger partial charge in [0.15, 0.2) is 5.13 Å². The molecular weight excluding hydrogens is 392 g/mol. The highest BCUT2D eigenvalue weighted by atomic mass is 32.1. The number of nitrogens with one attached hydrogen (secondary N) is 1. The van der Waals surface area contributed by atoms with E-state index in [0.29, 0.717) is 35.2 Å². The highest BCUT2D eigenvalue weighted by molar-refractivity contribution is 7.23. The molecule has 4 rings (SSSR count). The summed E-state index contributed by atoms with van der Waals surface area (Å²) < 4.78 is 12.9. The fourth-order valence-corrected chi connectivity index (χ4v) is 3.77. The Morgan fingerprint density at radius 3 is 2.83 bits per heavy atom. The number of hydrogen-bond acceptors (Lipinski definition) is 8. The van der Waals surface area contributed by atoms with E-state index in [1.54, 1.807) is 43.7 Å². The van der Waals surface area contributed by atoms with Crippen LogP contribution in [0.5, 0.6) is 5.88 Å². The van der Waals surface area contributed by atoms with Crippen LogP contribution in [0.2, 0.25) is 0 Å². The summed E-state index contributed by atoms with van der Waals surface area (Å²) >= 11 is 1.36. The molecule has 29 heavy (non-hydrogen) atoms. The maximum absolute atomic E-state index is 12.6. The maximum Gasteiger partial charge on any atom is 0.260 e. The molecule has 0 atom stereocenters. The van der Waals surface area contributed by atoms with E-state index >= 15 is 0 Å². The van der Waals surface area contributed by atoms with Crippen molar-refractivity contribution in [2.45, 2.75) is 6.54 Å². The lowest BCUT2D eigenvalue weighted by Crippen LogP contribution is -2.11. The van der Waals surface area contributed by atoms with Gasteiger partial charge in [-0.1, -0.05) is 11.3 Å². The minimum atomic E-state index is -0.287. The molecule has 0 saturated heterocycles. The van der Waals surface area contributed by atoms with Gasteiger partial charge in [-0.15, -0.1) is 0 Å². The Hall–Kier alpha value is -3.37. The van der Waals surface area contributed by atoms with Crippen molar-refractivity contribution < 1.29 is 14.3 Å². The molecule has 0 unspecified atom stereocenters. The van der Waals surface area contributed by atoms with Gasteiger partial charge in [0, 0.05) is 37.5 Å². The van der Waals surface area contributed by atoms with Gasteiger partial charge in [-0.25, -0.2) is 9.97 Å². The van der Waals surface area contributed by atoms with Gasteiger partial charge in [-0.05, 0) is 17.7 Å². The second-order valence-corrected chi connectivity index (χ2v) is 7.05. The van der Waals surface area contributed by atoms with E-state index < -0.39 is 0 Å². The molecule has 0 bridgehead atoms. The zero-order valence-corrected chi connectivity index (χ0v) is 16.6. The van der Waals surface area contributed by atoms with Crippen LogP contribution in [0.25, 0.3) is 21.3 Å². The summed E-state index contributed by atoms with van der Waals surface area (Å²) in [5.74, 6) is 0.118. The van der Waals surface area contributed by atoms with Crippen LogP contribution in [0.4, 0.5) is 5.13 Å². The number of anilines is 1. The van der Waals surface area contributed by atoms with E-state index in [1.165, 1.54) is 17.5 Å². The lowest BCUT2D eigenvalue weighted by Gasteiger charge is -2.04. The zero-order valence-electron chi connectivity index (χ0n) is 15.8. The Morgan fingerprint density at radius 1 is 1.24 bits per heavy atom. The number of methoxy groups -OCH3 is 2. The van der Waals surface area contributed by atoms with E-state index in [1.807, 2.05) is 12.1 Å². The number of amides is 1. The van der Waals surface area contributed by atoms with Crippen LogP contribution in [0.3, 0.4) is 0 Å². The van der Waals surface area contributed by atoms with E-state index in [-0.39, 0.29) is 5.91 Å². The molecule has 0 aliphatic rings. The van der Waals surface area contributed by atoms with Gasteiger partial charge in [0.2, 0.25) is 5.88 Å². The molecular formula is C19H18N6O3S. The van der Waals surface area contributed by atoms with Crippen molar-refractivity contribution in [3.63, 3.8) is 0 Å². The van der Waals surface area contributed by atoms with Gasteiger partial charge in [0.1, 0.15) is 5.52 Å². The predicted octanol–water partition coefficient (Wildman–Crippen LogP) is 2.86. The summed E-state index contributed by atoms with van der Waals surface area (Å²) in [7, 11) is 3.16. The molecule has 0 aliphatic heterocycles. The highest BCUT2D eigenvalue weighted by Gasteiger charge is 2.18. The number of ether oxygens (including phenoxy) is 2. The first kappa shape index (κ1) is 19.0. The SMILES string of the molecule is COCCn1cc(C(=O)Nc2nc3c(OC)ncc(-c4ccncc4)c3s2)cn1. The summed E-state index contributed by atoms with van der Waals surface area (Å²) in [4.78, 5) is 25.5. The third-order valence-electron chi connectivity index (χ3n) is 4.21. The molecule has 0 fully saturated rings. The molecule has 0 spiro atoms. The fraction of sp³-hybridized carbons (Fsp3) is 0.211. The Bertz CT molecular complexity index is 1140. The van der Waals surface area contributed by atoms with Crippen molar-refractivity contribution in [1.82, 2.24) is 24.7 Å². The van der Waals surface area contributed by atoms with Crippen LogP contribution < -0.4 is 10.1 Å². The first-order valence-corrected chi connectivity index (χ1v) is 9.58. The molecule has 148 valence electrons. The van der Waals surface area contributed by atoms with Crippen LogP contribution >= 0.6 is 11.3 Å². The number of fused-ring (bicyclic) bond motifs is 1. The highest BCUT2D eigenvalue weighted by Crippen LogP contribution is 2.38. The molecule has 9 nitrogen and oxygen atoms in total. The van der Waals surface area contributed by atoms with E-state index in [2.05, 4.69) is 25.4 Å². The predicted molar refractivity (Wildman–Crippen MR) is 109 cm³/mol. The Labute approximate surface area is 170 Å². The number of aromatic nitrogens is 5. The summed E-state index contributed by atoms with van der Waals surface area (Å²) in [5.41, 5.74) is 2.90. The van der Waals surface area contributed by atoms with Crippen molar-refractivity contribution in [2.24, 2.45) is 0 Å². The van der Waals surface area contributed by atoms with Gasteiger partial charge in [-0.2, -0.15) is 5.10 Å². The Morgan fingerprint density at radius 2 is 2.07 bits per heavy atom. The van der Waals surface area contributed by atoms with Crippen LogP contribution in [-0.4, -0.2) is 51.5 Å². The molecule has 0 radical (unpaired) electrons. The molecule has 10 heteroatoms. The second-order valence-electron chi connectivity index (χ2n) is 6.05. The van der Waals surface area contributed by atoms with Crippen LogP contribution in [0.1, 0.15) is 10.4 Å². The molecule has 0 aliphatic carbocycles. The quantitative estimate of drug-likeness (QED) is 0.499.